The van der Waals surface area contributed by atoms with Gasteiger partial charge in [0, 0.05) is 11.8 Å². The molecule has 0 aromatic heterocycles. The first kappa shape index (κ1) is 15.9. The molecule has 0 aliphatic rings. The van der Waals surface area contributed by atoms with Crippen LogP contribution in [0.15, 0.2) is 24.3 Å². The lowest BCUT2D eigenvalue weighted by Gasteiger charge is -2.16. The molecule has 1 aromatic rings. The minimum absolute atomic E-state index is 0.0674. The smallest absolute Gasteiger partial charge is 0.150 e. The van der Waals surface area contributed by atoms with Gasteiger partial charge in [0.1, 0.15) is 15.6 Å². The third kappa shape index (κ3) is 5.18. The Bertz CT molecular complexity index is 488. The van der Waals surface area contributed by atoms with E-state index in [0.29, 0.717) is 12.8 Å². The molecule has 0 spiro atoms. The van der Waals surface area contributed by atoms with Crippen molar-refractivity contribution < 1.29 is 13.2 Å². The van der Waals surface area contributed by atoms with E-state index in [1.165, 1.54) is 0 Å². The Morgan fingerprint density at radius 3 is 2.74 bits per heavy atom. The average molecular weight is 286 g/mol. The van der Waals surface area contributed by atoms with Crippen molar-refractivity contribution in [2.75, 3.05) is 18.6 Å². The van der Waals surface area contributed by atoms with Crippen LogP contribution in [0.1, 0.15) is 31.4 Å². The number of ether oxygens (including phenoxy) is 1. The molecule has 0 aliphatic carbocycles. The second-order valence-electron chi connectivity index (χ2n) is 4.37. The van der Waals surface area contributed by atoms with E-state index in [1.54, 1.807) is 14.0 Å². The van der Waals surface area contributed by atoms with Crippen molar-refractivity contribution in [2.24, 2.45) is 5.84 Å². The predicted molar refractivity (Wildman–Crippen MR) is 76.6 cm³/mol. The molecule has 108 valence electrons. The van der Waals surface area contributed by atoms with Crippen LogP contribution in [0.5, 0.6) is 5.75 Å². The van der Waals surface area contributed by atoms with Crippen molar-refractivity contribution in [3.63, 3.8) is 0 Å². The van der Waals surface area contributed by atoms with E-state index in [0.717, 1.165) is 11.3 Å². The van der Waals surface area contributed by atoms with Crippen LogP contribution in [0.2, 0.25) is 0 Å². The normalized spacial score (nSPS) is 13.2. The number of nitrogens with two attached hydrogens (primary N) is 1. The molecule has 1 atom stereocenters. The molecule has 1 aromatic carbocycles. The zero-order valence-electron chi connectivity index (χ0n) is 11.4. The summed E-state index contributed by atoms with van der Waals surface area (Å²) in [7, 11) is -1.30. The van der Waals surface area contributed by atoms with Gasteiger partial charge in [-0.1, -0.05) is 19.1 Å². The Labute approximate surface area is 115 Å². The van der Waals surface area contributed by atoms with Gasteiger partial charge < -0.3 is 4.74 Å². The second kappa shape index (κ2) is 7.47. The maximum atomic E-state index is 11.4. The van der Waals surface area contributed by atoms with Gasteiger partial charge in [0.15, 0.2) is 0 Å². The number of hydrogen-bond acceptors (Lipinski definition) is 5. The summed E-state index contributed by atoms with van der Waals surface area (Å²) in [6, 6.07) is 7.53. The summed E-state index contributed by atoms with van der Waals surface area (Å²) in [5, 5.41) is 0. The fraction of sp³-hybridized carbons (Fsp3) is 0.538. The molecular formula is C13H22N2O3S. The van der Waals surface area contributed by atoms with Gasteiger partial charge in [-0.15, -0.1) is 0 Å². The Morgan fingerprint density at radius 2 is 2.16 bits per heavy atom. The molecule has 1 unspecified atom stereocenters. The fourth-order valence-electron chi connectivity index (χ4n) is 1.86. The molecule has 5 nitrogen and oxygen atoms in total. The molecule has 0 aliphatic heterocycles. The molecule has 3 N–H and O–H groups in total. The van der Waals surface area contributed by atoms with Crippen molar-refractivity contribution in [3.05, 3.63) is 29.8 Å². The van der Waals surface area contributed by atoms with E-state index < -0.39 is 9.84 Å². The van der Waals surface area contributed by atoms with E-state index >= 15 is 0 Å². The summed E-state index contributed by atoms with van der Waals surface area (Å²) in [6.45, 7) is 1.66. The number of hydrogen-bond donors (Lipinski definition) is 2. The van der Waals surface area contributed by atoms with Crippen LogP contribution in [0.3, 0.4) is 0 Å². The SMILES string of the molecule is CCS(=O)(=O)CCCC(NN)c1cccc(OC)c1. The summed E-state index contributed by atoms with van der Waals surface area (Å²) in [5.41, 5.74) is 3.72. The second-order valence-corrected chi connectivity index (χ2v) is 6.85. The lowest BCUT2D eigenvalue weighted by molar-refractivity contribution is 0.412. The number of hydrazine groups is 1. The number of nitrogens with one attached hydrogen (secondary N) is 1. The highest BCUT2D eigenvalue weighted by Gasteiger charge is 2.13. The number of sulfone groups is 1. The topological polar surface area (TPSA) is 81.4 Å². The molecular weight excluding hydrogens is 264 g/mol. The molecule has 6 heteroatoms. The quantitative estimate of drug-likeness (QED) is 0.558. The third-order valence-corrected chi connectivity index (χ3v) is 4.88. The van der Waals surface area contributed by atoms with Crippen LogP contribution in [0.4, 0.5) is 0 Å². The van der Waals surface area contributed by atoms with Crippen LogP contribution >= 0.6 is 0 Å². The van der Waals surface area contributed by atoms with E-state index in [4.69, 9.17) is 10.6 Å². The number of benzene rings is 1. The number of methoxy groups -OCH3 is 1. The Kier molecular flexibility index (Phi) is 6.27. The van der Waals surface area contributed by atoms with E-state index in [1.807, 2.05) is 24.3 Å². The van der Waals surface area contributed by atoms with Crippen LogP contribution in [0, 0.1) is 0 Å². The van der Waals surface area contributed by atoms with Gasteiger partial charge in [0.25, 0.3) is 0 Å². The molecule has 0 heterocycles. The predicted octanol–water partition coefficient (Wildman–Crippen LogP) is 1.41. The molecule has 0 amide bonds. The fourth-order valence-corrected chi connectivity index (χ4v) is 2.75. The van der Waals surface area contributed by atoms with E-state index in [9.17, 15) is 8.42 Å². The minimum atomic E-state index is -2.91. The summed E-state index contributed by atoms with van der Waals surface area (Å²) < 4.78 is 28.0. The van der Waals surface area contributed by atoms with Crippen molar-refractivity contribution >= 4 is 9.84 Å². The highest BCUT2D eigenvalue weighted by atomic mass is 32.2. The number of rotatable bonds is 8. The molecule has 0 radical (unpaired) electrons. The van der Waals surface area contributed by atoms with Gasteiger partial charge in [-0.3, -0.25) is 11.3 Å². The van der Waals surface area contributed by atoms with Crippen LogP contribution in [0.25, 0.3) is 0 Å². The summed E-state index contributed by atoms with van der Waals surface area (Å²) in [4.78, 5) is 0. The molecule has 19 heavy (non-hydrogen) atoms. The molecule has 0 bridgehead atoms. The van der Waals surface area contributed by atoms with Crippen LogP contribution in [-0.2, 0) is 9.84 Å². The molecule has 0 saturated heterocycles. The summed E-state index contributed by atoms with van der Waals surface area (Å²) in [5.74, 6) is 6.69. The minimum Gasteiger partial charge on any atom is -0.497 e. The summed E-state index contributed by atoms with van der Waals surface area (Å²) in [6.07, 6.45) is 1.26. The lowest BCUT2D eigenvalue weighted by atomic mass is 10.0. The van der Waals surface area contributed by atoms with E-state index in [-0.39, 0.29) is 17.5 Å². The largest absolute Gasteiger partial charge is 0.497 e. The van der Waals surface area contributed by atoms with Gasteiger partial charge >= 0.3 is 0 Å². The maximum absolute atomic E-state index is 11.4. The standard InChI is InChI=1S/C13H22N2O3S/c1-3-19(16,17)9-5-8-13(15-14)11-6-4-7-12(10-11)18-2/h4,6-7,10,13,15H,3,5,8-9,14H2,1-2H3. The highest BCUT2D eigenvalue weighted by Crippen LogP contribution is 2.22. The van der Waals surface area contributed by atoms with Crippen molar-refractivity contribution in [1.29, 1.82) is 0 Å². The Morgan fingerprint density at radius 1 is 1.42 bits per heavy atom. The Hall–Kier alpha value is -1.11. The molecule has 0 saturated carbocycles. The summed E-state index contributed by atoms with van der Waals surface area (Å²) >= 11 is 0. The first-order chi connectivity index (χ1) is 9.02. The van der Waals surface area contributed by atoms with Gasteiger partial charge in [-0.05, 0) is 30.5 Å². The van der Waals surface area contributed by atoms with Gasteiger partial charge in [0.2, 0.25) is 0 Å². The third-order valence-electron chi connectivity index (χ3n) is 3.09. The zero-order chi connectivity index (χ0) is 14.3. The maximum Gasteiger partial charge on any atom is 0.150 e. The van der Waals surface area contributed by atoms with Crippen molar-refractivity contribution in [2.45, 2.75) is 25.8 Å². The van der Waals surface area contributed by atoms with Crippen molar-refractivity contribution in [3.8, 4) is 5.75 Å². The van der Waals surface area contributed by atoms with E-state index in [2.05, 4.69) is 5.43 Å². The van der Waals surface area contributed by atoms with Gasteiger partial charge in [-0.2, -0.15) is 0 Å². The molecule has 0 fully saturated rings. The average Bonchev–Trinajstić information content (AvgIpc) is 2.43. The van der Waals surface area contributed by atoms with Gasteiger partial charge in [-0.25, -0.2) is 8.42 Å². The first-order valence-electron chi connectivity index (χ1n) is 6.33. The van der Waals surface area contributed by atoms with Crippen LogP contribution in [-0.4, -0.2) is 27.0 Å². The monoisotopic (exact) mass is 286 g/mol. The lowest BCUT2D eigenvalue weighted by Crippen LogP contribution is -2.28. The van der Waals surface area contributed by atoms with Crippen molar-refractivity contribution in [1.82, 2.24) is 5.43 Å². The van der Waals surface area contributed by atoms with Crippen LogP contribution < -0.4 is 16.0 Å². The molecule has 1 rings (SSSR count). The van der Waals surface area contributed by atoms with Gasteiger partial charge in [0.05, 0.1) is 12.9 Å². The zero-order valence-corrected chi connectivity index (χ0v) is 12.2. The first-order valence-corrected chi connectivity index (χ1v) is 8.15. The Balaban J connectivity index is 2.63. The highest BCUT2D eigenvalue weighted by molar-refractivity contribution is 7.91.